The van der Waals surface area contributed by atoms with Crippen molar-refractivity contribution in [1.29, 1.82) is 0 Å². The molecule has 1 amide bonds. The van der Waals surface area contributed by atoms with Crippen molar-refractivity contribution in [2.45, 2.75) is 19.1 Å². The van der Waals surface area contributed by atoms with E-state index < -0.39 is 16.6 Å². The largest absolute Gasteiger partial charge is 0.396 e. The summed E-state index contributed by atoms with van der Waals surface area (Å²) in [7, 11) is -1.20. The summed E-state index contributed by atoms with van der Waals surface area (Å²) in [5, 5.41) is 2.45. The number of rotatable bonds is 4. The van der Waals surface area contributed by atoms with Gasteiger partial charge < -0.3 is 11.1 Å². The summed E-state index contributed by atoms with van der Waals surface area (Å²) in [5.41, 5.74) is 5.72. The Balaban J connectivity index is 2.62. The van der Waals surface area contributed by atoms with Crippen molar-refractivity contribution in [3.63, 3.8) is 0 Å². The summed E-state index contributed by atoms with van der Waals surface area (Å²) in [6, 6.07) is 3.90. The maximum Gasteiger partial charge on any atom is 0.237 e. The number of anilines is 2. The van der Waals surface area contributed by atoms with Gasteiger partial charge in [0.1, 0.15) is 11.6 Å². The van der Waals surface area contributed by atoms with Gasteiger partial charge in [0.2, 0.25) is 5.91 Å². The number of halogens is 1. The van der Waals surface area contributed by atoms with Gasteiger partial charge in [-0.2, -0.15) is 0 Å². The number of nitrogens with two attached hydrogens (primary N) is 1. The van der Waals surface area contributed by atoms with Crippen molar-refractivity contribution in [3.05, 3.63) is 24.0 Å². The first-order valence-corrected chi connectivity index (χ1v) is 6.50. The predicted molar refractivity (Wildman–Crippen MR) is 67.6 cm³/mol. The minimum Gasteiger partial charge on any atom is -0.396 e. The van der Waals surface area contributed by atoms with E-state index in [4.69, 9.17) is 5.73 Å². The molecule has 0 heterocycles. The third-order valence-corrected chi connectivity index (χ3v) is 3.68. The van der Waals surface area contributed by atoms with Crippen molar-refractivity contribution in [1.82, 2.24) is 0 Å². The number of nitrogen functional groups attached to an aromatic ring is 1. The Labute approximate surface area is 102 Å². The zero-order valence-electron chi connectivity index (χ0n) is 9.70. The van der Waals surface area contributed by atoms with Gasteiger partial charge in [0, 0.05) is 21.7 Å². The van der Waals surface area contributed by atoms with E-state index in [1.165, 1.54) is 18.2 Å². The molecule has 4 nitrogen and oxygen atoms in total. The van der Waals surface area contributed by atoms with Gasteiger partial charge in [0.05, 0.1) is 5.69 Å². The molecule has 0 spiro atoms. The van der Waals surface area contributed by atoms with Crippen molar-refractivity contribution >= 4 is 28.1 Å². The molecule has 1 rings (SSSR count). The number of hydrogen-bond donors (Lipinski definition) is 2. The molecule has 94 valence electrons. The molecule has 0 aliphatic heterocycles. The quantitative estimate of drug-likeness (QED) is 0.804. The first kappa shape index (κ1) is 13.6. The SMILES string of the molecule is CC(C)S(=O)CC(=O)Nc1ccc(F)c(N)c1. The summed E-state index contributed by atoms with van der Waals surface area (Å²) in [6.07, 6.45) is 0. The van der Waals surface area contributed by atoms with Crippen LogP contribution in [0.2, 0.25) is 0 Å². The Kier molecular flexibility index (Phi) is 4.62. The highest BCUT2D eigenvalue weighted by Gasteiger charge is 2.11. The number of benzene rings is 1. The lowest BCUT2D eigenvalue weighted by atomic mass is 10.2. The molecule has 1 unspecified atom stereocenters. The lowest BCUT2D eigenvalue weighted by Crippen LogP contribution is -2.23. The van der Waals surface area contributed by atoms with Gasteiger partial charge in [-0.25, -0.2) is 4.39 Å². The summed E-state index contributed by atoms with van der Waals surface area (Å²) in [4.78, 5) is 11.5. The van der Waals surface area contributed by atoms with E-state index >= 15 is 0 Å². The van der Waals surface area contributed by atoms with Gasteiger partial charge in [-0.15, -0.1) is 0 Å². The molecule has 0 saturated carbocycles. The second-order valence-electron chi connectivity index (χ2n) is 3.86. The molecule has 3 N–H and O–H groups in total. The molecule has 0 aliphatic carbocycles. The van der Waals surface area contributed by atoms with Crippen LogP contribution in [0, 0.1) is 5.82 Å². The zero-order valence-corrected chi connectivity index (χ0v) is 10.5. The van der Waals surface area contributed by atoms with Crippen molar-refractivity contribution < 1.29 is 13.4 Å². The summed E-state index contributed by atoms with van der Waals surface area (Å²) in [5.74, 6) is -0.980. The number of carbonyl (C=O) groups is 1. The lowest BCUT2D eigenvalue weighted by Gasteiger charge is -2.08. The molecule has 17 heavy (non-hydrogen) atoms. The summed E-state index contributed by atoms with van der Waals surface area (Å²) >= 11 is 0. The molecule has 1 atom stereocenters. The average molecular weight is 258 g/mol. The van der Waals surface area contributed by atoms with Crippen LogP contribution in [0.5, 0.6) is 0 Å². The second-order valence-corrected chi connectivity index (χ2v) is 5.85. The summed E-state index contributed by atoms with van der Waals surface area (Å²) < 4.78 is 24.3. The normalized spacial score (nSPS) is 12.5. The monoisotopic (exact) mass is 258 g/mol. The minimum absolute atomic E-state index is 0.0345. The molecular formula is C11H15FN2O2S. The van der Waals surface area contributed by atoms with E-state index in [9.17, 15) is 13.4 Å². The van der Waals surface area contributed by atoms with Crippen LogP contribution in [0.4, 0.5) is 15.8 Å². The van der Waals surface area contributed by atoms with Crippen LogP contribution in [-0.2, 0) is 15.6 Å². The number of nitrogens with one attached hydrogen (secondary N) is 1. The number of amides is 1. The summed E-state index contributed by atoms with van der Waals surface area (Å²) in [6.45, 7) is 3.55. The van der Waals surface area contributed by atoms with Crippen LogP contribution >= 0.6 is 0 Å². The van der Waals surface area contributed by atoms with Crippen molar-refractivity contribution in [3.8, 4) is 0 Å². The Morgan fingerprint density at radius 1 is 1.53 bits per heavy atom. The van der Waals surface area contributed by atoms with Gasteiger partial charge in [0.15, 0.2) is 0 Å². The highest BCUT2D eigenvalue weighted by Crippen LogP contribution is 2.16. The fraction of sp³-hybridized carbons (Fsp3) is 0.364. The fourth-order valence-electron chi connectivity index (χ4n) is 1.11. The molecule has 0 aliphatic rings. The topological polar surface area (TPSA) is 72.2 Å². The molecule has 0 aromatic heterocycles. The lowest BCUT2D eigenvalue weighted by molar-refractivity contribution is -0.113. The minimum atomic E-state index is -1.20. The van der Waals surface area contributed by atoms with Gasteiger partial charge >= 0.3 is 0 Å². The molecule has 0 bridgehead atoms. The van der Waals surface area contributed by atoms with E-state index in [0.29, 0.717) is 5.69 Å². The number of hydrogen-bond acceptors (Lipinski definition) is 3. The first-order valence-electron chi connectivity index (χ1n) is 5.12. The standard InChI is InChI=1S/C11H15FN2O2S/c1-7(2)17(16)6-11(15)14-8-3-4-9(12)10(13)5-8/h3-5,7H,6,13H2,1-2H3,(H,14,15). The Morgan fingerprint density at radius 2 is 2.18 bits per heavy atom. The molecule has 6 heteroatoms. The smallest absolute Gasteiger partial charge is 0.237 e. The Morgan fingerprint density at radius 3 is 2.71 bits per heavy atom. The maximum atomic E-state index is 12.9. The van der Waals surface area contributed by atoms with Crippen molar-refractivity contribution in [2.75, 3.05) is 16.8 Å². The Bertz CT molecular complexity index is 449. The van der Waals surface area contributed by atoms with E-state index in [-0.39, 0.29) is 22.6 Å². The van der Waals surface area contributed by atoms with Crippen LogP contribution in [0.3, 0.4) is 0 Å². The van der Waals surface area contributed by atoms with Crippen LogP contribution in [0.1, 0.15) is 13.8 Å². The predicted octanol–water partition coefficient (Wildman–Crippen LogP) is 1.50. The maximum absolute atomic E-state index is 12.9. The van der Waals surface area contributed by atoms with Crippen LogP contribution in [0.15, 0.2) is 18.2 Å². The van der Waals surface area contributed by atoms with Crippen LogP contribution < -0.4 is 11.1 Å². The van der Waals surface area contributed by atoms with E-state index in [1.54, 1.807) is 13.8 Å². The molecule has 0 fully saturated rings. The van der Waals surface area contributed by atoms with Gasteiger partial charge in [-0.05, 0) is 18.2 Å². The third-order valence-electron chi connectivity index (χ3n) is 2.08. The molecule has 0 radical (unpaired) electrons. The second kappa shape index (κ2) is 5.77. The third kappa shape index (κ3) is 4.14. The zero-order chi connectivity index (χ0) is 13.0. The Hall–Kier alpha value is -1.43. The van der Waals surface area contributed by atoms with Gasteiger partial charge in [-0.3, -0.25) is 9.00 Å². The van der Waals surface area contributed by atoms with Gasteiger partial charge in [-0.1, -0.05) is 13.8 Å². The van der Waals surface area contributed by atoms with E-state index in [0.717, 1.165) is 0 Å². The first-order chi connectivity index (χ1) is 7.90. The number of carbonyl (C=O) groups excluding carboxylic acids is 1. The molecule has 0 saturated heterocycles. The van der Waals surface area contributed by atoms with Gasteiger partial charge in [0.25, 0.3) is 0 Å². The highest BCUT2D eigenvalue weighted by molar-refractivity contribution is 7.86. The fourth-order valence-corrected chi connectivity index (χ4v) is 1.78. The van der Waals surface area contributed by atoms with E-state index in [1.807, 2.05) is 0 Å². The highest BCUT2D eigenvalue weighted by atomic mass is 32.2. The molecular weight excluding hydrogens is 243 g/mol. The van der Waals surface area contributed by atoms with E-state index in [2.05, 4.69) is 5.32 Å². The average Bonchev–Trinajstić information content (AvgIpc) is 2.23. The van der Waals surface area contributed by atoms with Crippen LogP contribution in [0.25, 0.3) is 0 Å². The van der Waals surface area contributed by atoms with Crippen LogP contribution in [-0.4, -0.2) is 21.1 Å². The van der Waals surface area contributed by atoms with Crippen molar-refractivity contribution in [2.24, 2.45) is 0 Å². The molecule has 1 aromatic carbocycles. The molecule has 1 aromatic rings.